The van der Waals surface area contributed by atoms with Gasteiger partial charge in [-0.25, -0.2) is 4.68 Å². The van der Waals surface area contributed by atoms with Gasteiger partial charge in [-0.2, -0.15) is 18.3 Å². The molecule has 168 valence electrons. The number of para-hydroxylation sites is 1. The number of halogens is 3. The molecule has 0 aliphatic carbocycles. The van der Waals surface area contributed by atoms with Gasteiger partial charge in [0, 0.05) is 38.3 Å². The maximum atomic E-state index is 13.8. The second kappa shape index (κ2) is 7.92. The van der Waals surface area contributed by atoms with Crippen LogP contribution in [0.1, 0.15) is 34.6 Å². The molecule has 1 aromatic carbocycles. The van der Waals surface area contributed by atoms with E-state index in [9.17, 15) is 18.0 Å². The van der Waals surface area contributed by atoms with Crippen LogP contribution < -0.4 is 10.2 Å². The van der Waals surface area contributed by atoms with Crippen molar-refractivity contribution in [2.24, 2.45) is 0 Å². The Morgan fingerprint density at radius 1 is 1.06 bits per heavy atom. The third-order valence-corrected chi connectivity index (χ3v) is 6.04. The van der Waals surface area contributed by atoms with Crippen molar-refractivity contribution in [1.29, 1.82) is 0 Å². The average molecular weight is 445 g/mol. The van der Waals surface area contributed by atoms with Crippen molar-refractivity contribution in [3.05, 3.63) is 66.2 Å². The predicted molar refractivity (Wildman–Crippen MR) is 112 cm³/mol. The van der Waals surface area contributed by atoms with E-state index in [1.807, 2.05) is 30.3 Å². The number of nitrogens with one attached hydrogen (secondary N) is 1. The molecule has 0 saturated carbocycles. The van der Waals surface area contributed by atoms with Crippen LogP contribution in [0.3, 0.4) is 0 Å². The van der Waals surface area contributed by atoms with Gasteiger partial charge >= 0.3 is 6.18 Å². The molecule has 2 atom stereocenters. The monoisotopic (exact) mass is 445 g/mol. The minimum Gasteiger partial charge on any atom is -0.467 e. The number of fused-ring (bicyclic) bond motifs is 1. The zero-order valence-corrected chi connectivity index (χ0v) is 17.1. The topological polar surface area (TPSA) is 66.5 Å². The van der Waals surface area contributed by atoms with E-state index in [0.717, 1.165) is 10.4 Å². The quantitative estimate of drug-likeness (QED) is 0.658. The van der Waals surface area contributed by atoms with Gasteiger partial charge in [-0.15, -0.1) is 0 Å². The van der Waals surface area contributed by atoms with Crippen molar-refractivity contribution in [1.82, 2.24) is 14.7 Å². The minimum absolute atomic E-state index is 0.0791. The molecule has 32 heavy (non-hydrogen) atoms. The molecule has 0 bridgehead atoms. The summed E-state index contributed by atoms with van der Waals surface area (Å²) in [6.07, 6.45) is -2.12. The van der Waals surface area contributed by atoms with E-state index in [0.29, 0.717) is 31.9 Å². The van der Waals surface area contributed by atoms with Gasteiger partial charge in [-0.1, -0.05) is 18.2 Å². The number of alkyl halides is 3. The van der Waals surface area contributed by atoms with Gasteiger partial charge in [0.1, 0.15) is 17.1 Å². The van der Waals surface area contributed by atoms with Crippen molar-refractivity contribution < 1.29 is 22.4 Å². The van der Waals surface area contributed by atoms with Crippen molar-refractivity contribution in [3.63, 3.8) is 0 Å². The van der Waals surface area contributed by atoms with E-state index in [1.54, 1.807) is 17.0 Å². The smallest absolute Gasteiger partial charge is 0.410 e. The standard InChI is InChI=1S/C22H22F3N5O2/c23-22(24,25)19-13-17(18-7-4-12-32-18)27-20-16(14-26-30(19)20)21(31)29-10-8-28(9-11-29)15-5-2-1-3-6-15/h1-7,12,14,17,19,27H,8-11,13H2. The van der Waals surface area contributed by atoms with Crippen LogP contribution in [-0.4, -0.2) is 52.9 Å². The SMILES string of the molecule is O=C(c1cnn2c1NC(c1ccco1)CC2C(F)(F)F)N1CCN(c2ccccc2)CC1. The summed E-state index contributed by atoms with van der Waals surface area (Å²) in [6, 6.07) is 10.6. The fourth-order valence-corrected chi connectivity index (χ4v) is 4.37. The summed E-state index contributed by atoms with van der Waals surface area (Å²) in [4.78, 5) is 17.1. The molecule has 1 fully saturated rings. The van der Waals surface area contributed by atoms with Crippen LogP contribution in [-0.2, 0) is 0 Å². The summed E-state index contributed by atoms with van der Waals surface area (Å²) in [7, 11) is 0. The van der Waals surface area contributed by atoms with Gasteiger partial charge in [-0.05, 0) is 24.3 Å². The highest BCUT2D eigenvalue weighted by molar-refractivity contribution is 5.99. The Labute approximate surface area is 182 Å². The first-order valence-electron chi connectivity index (χ1n) is 10.5. The van der Waals surface area contributed by atoms with Crippen LogP contribution in [0.25, 0.3) is 0 Å². The van der Waals surface area contributed by atoms with Gasteiger partial charge in [-0.3, -0.25) is 4.79 Å². The largest absolute Gasteiger partial charge is 0.467 e. The van der Waals surface area contributed by atoms with E-state index < -0.39 is 18.3 Å². The highest BCUT2D eigenvalue weighted by Crippen LogP contribution is 2.44. The second-order valence-electron chi connectivity index (χ2n) is 7.97. The third-order valence-electron chi connectivity index (χ3n) is 6.04. The molecule has 7 nitrogen and oxygen atoms in total. The Hall–Kier alpha value is -3.43. The number of benzene rings is 1. The zero-order chi connectivity index (χ0) is 22.3. The van der Waals surface area contributed by atoms with Gasteiger partial charge < -0.3 is 19.5 Å². The lowest BCUT2D eigenvalue weighted by molar-refractivity contribution is -0.174. The van der Waals surface area contributed by atoms with Crippen LogP contribution >= 0.6 is 0 Å². The molecule has 1 saturated heterocycles. The number of amides is 1. The predicted octanol–water partition coefficient (Wildman–Crippen LogP) is 4.10. The maximum absolute atomic E-state index is 13.8. The molecule has 0 spiro atoms. The number of furan rings is 1. The van der Waals surface area contributed by atoms with Crippen LogP contribution in [0, 0.1) is 0 Å². The molecule has 0 radical (unpaired) electrons. The van der Waals surface area contributed by atoms with E-state index >= 15 is 0 Å². The summed E-state index contributed by atoms with van der Waals surface area (Å²) >= 11 is 0. The molecule has 1 N–H and O–H groups in total. The summed E-state index contributed by atoms with van der Waals surface area (Å²) in [6.45, 7) is 2.24. The van der Waals surface area contributed by atoms with Gasteiger partial charge in [0.15, 0.2) is 6.04 Å². The Bertz CT molecular complexity index is 1070. The van der Waals surface area contributed by atoms with Crippen LogP contribution in [0.2, 0.25) is 0 Å². The number of anilines is 2. The van der Waals surface area contributed by atoms with Crippen LogP contribution in [0.15, 0.2) is 59.3 Å². The fraction of sp³-hybridized carbons (Fsp3) is 0.364. The van der Waals surface area contributed by atoms with Gasteiger partial charge in [0.25, 0.3) is 5.91 Å². The van der Waals surface area contributed by atoms with E-state index in [-0.39, 0.29) is 23.7 Å². The Morgan fingerprint density at radius 2 is 1.81 bits per heavy atom. The van der Waals surface area contributed by atoms with Crippen molar-refractivity contribution >= 4 is 17.4 Å². The number of hydrogen-bond donors (Lipinski definition) is 1. The van der Waals surface area contributed by atoms with Crippen molar-refractivity contribution in [3.8, 4) is 0 Å². The first kappa shape index (κ1) is 20.5. The first-order valence-corrected chi connectivity index (χ1v) is 10.5. The molecule has 1 amide bonds. The second-order valence-corrected chi connectivity index (χ2v) is 7.97. The summed E-state index contributed by atoms with van der Waals surface area (Å²) in [5.41, 5.74) is 1.22. The fourth-order valence-electron chi connectivity index (χ4n) is 4.37. The van der Waals surface area contributed by atoms with Gasteiger partial charge in [0.2, 0.25) is 0 Å². The molecule has 4 heterocycles. The number of carbonyl (C=O) groups excluding carboxylic acids is 1. The molecule has 5 rings (SSSR count). The zero-order valence-electron chi connectivity index (χ0n) is 17.1. The molecule has 2 aliphatic heterocycles. The number of aromatic nitrogens is 2. The third kappa shape index (κ3) is 3.69. The lowest BCUT2D eigenvalue weighted by atomic mass is 10.0. The lowest BCUT2D eigenvalue weighted by Crippen LogP contribution is -2.49. The molecule has 3 aromatic rings. The van der Waals surface area contributed by atoms with E-state index in [1.165, 1.54) is 12.5 Å². The number of hydrogen-bond acceptors (Lipinski definition) is 5. The molecule has 2 aromatic heterocycles. The van der Waals surface area contributed by atoms with Crippen molar-refractivity contribution in [2.75, 3.05) is 36.4 Å². The van der Waals surface area contributed by atoms with E-state index in [4.69, 9.17) is 4.42 Å². The summed E-state index contributed by atoms with van der Waals surface area (Å²) in [5.74, 6) is 0.143. The highest BCUT2D eigenvalue weighted by Gasteiger charge is 2.48. The minimum atomic E-state index is -4.50. The molecule has 2 unspecified atom stereocenters. The Kier molecular flexibility index (Phi) is 5.07. The molecule has 10 heteroatoms. The Morgan fingerprint density at radius 3 is 2.47 bits per heavy atom. The number of piperazine rings is 1. The van der Waals surface area contributed by atoms with Gasteiger partial charge in [0.05, 0.1) is 18.5 Å². The Balaban J connectivity index is 1.38. The highest BCUT2D eigenvalue weighted by atomic mass is 19.4. The molecule has 2 aliphatic rings. The first-order chi connectivity index (χ1) is 15.4. The average Bonchev–Trinajstić information content (AvgIpc) is 3.48. The van der Waals surface area contributed by atoms with Crippen LogP contribution in [0.5, 0.6) is 0 Å². The lowest BCUT2D eigenvalue weighted by Gasteiger charge is -2.36. The molecular formula is C22H22F3N5O2. The molecular weight excluding hydrogens is 423 g/mol. The van der Waals surface area contributed by atoms with E-state index in [2.05, 4.69) is 15.3 Å². The summed E-state index contributed by atoms with van der Waals surface area (Å²) in [5, 5.41) is 7.00. The van der Waals surface area contributed by atoms with Crippen molar-refractivity contribution in [2.45, 2.75) is 24.7 Å². The van der Waals surface area contributed by atoms with Crippen LogP contribution in [0.4, 0.5) is 24.7 Å². The normalized spacial score (nSPS) is 21.2. The number of nitrogens with zero attached hydrogens (tertiary/aromatic N) is 4. The summed E-state index contributed by atoms with van der Waals surface area (Å²) < 4.78 is 47.6. The number of carbonyl (C=O) groups is 1. The maximum Gasteiger partial charge on any atom is 0.410 e. The number of rotatable bonds is 3.